The molecule has 2 aromatic carbocycles. The van der Waals surface area contributed by atoms with E-state index in [4.69, 9.17) is 0 Å². The van der Waals surface area contributed by atoms with Crippen LogP contribution in [0.3, 0.4) is 0 Å². The maximum atomic E-state index is 14.4. The number of carbonyl (C=O) groups excluding carboxylic acids is 1. The third-order valence-corrected chi connectivity index (χ3v) is 7.54. The van der Waals surface area contributed by atoms with Crippen molar-refractivity contribution in [2.45, 2.75) is 70.6 Å². The number of hydrogen-bond donors (Lipinski definition) is 3. The second-order valence-corrected chi connectivity index (χ2v) is 10.6. The van der Waals surface area contributed by atoms with Crippen LogP contribution in [0.4, 0.5) is 14.6 Å². The lowest BCUT2D eigenvalue weighted by Gasteiger charge is -2.29. The average molecular weight is 562 g/mol. The van der Waals surface area contributed by atoms with Gasteiger partial charge in [0.1, 0.15) is 18.0 Å². The molecule has 216 valence electrons. The summed E-state index contributed by atoms with van der Waals surface area (Å²) in [6, 6.07) is 9.94. The summed E-state index contributed by atoms with van der Waals surface area (Å²) >= 11 is 0. The van der Waals surface area contributed by atoms with Crippen molar-refractivity contribution in [3.05, 3.63) is 96.0 Å². The Morgan fingerprint density at radius 2 is 2.07 bits per heavy atom. The Kier molecular flexibility index (Phi) is 9.53. The van der Waals surface area contributed by atoms with E-state index in [-0.39, 0.29) is 11.9 Å². The molecular weight excluding hydrogens is 524 g/mol. The Morgan fingerprint density at radius 3 is 2.90 bits per heavy atom. The van der Waals surface area contributed by atoms with Crippen molar-refractivity contribution in [2.24, 2.45) is 0 Å². The number of rotatable bonds is 13. The SMILES string of the molecule is CCC[C@H](N[C@H]1CCc2cc(F)cc(F)c2C1)C(=O)Nc1cn(-c2ccccc2CNCCCn2ccnc2)cn1. The lowest BCUT2D eigenvalue weighted by Crippen LogP contribution is -2.48. The van der Waals surface area contributed by atoms with E-state index in [9.17, 15) is 13.6 Å². The predicted octanol–water partition coefficient (Wildman–Crippen LogP) is 4.78. The summed E-state index contributed by atoms with van der Waals surface area (Å²) in [5, 5.41) is 9.89. The van der Waals surface area contributed by atoms with E-state index in [1.54, 1.807) is 12.5 Å². The third kappa shape index (κ3) is 7.45. The van der Waals surface area contributed by atoms with Crippen molar-refractivity contribution in [2.75, 3.05) is 11.9 Å². The molecular formula is C31H37F2N7O. The van der Waals surface area contributed by atoms with Crippen LogP contribution in [0.5, 0.6) is 0 Å². The van der Waals surface area contributed by atoms with Gasteiger partial charge in [0.2, 0.25) is 5.91 Å². The highest BCUT2D eigenvalue weighted by molar-refractivity contribution is 5.94. The number of nitrogens with zero attached hydrogens (tertiary/aromatic N) is 4. The normalized spacial score (nSPS) is 15.4. The third-order valence-electron chi connectivity index (χ3n) is 7.54. The maximum Gasteiger partial charge on any atom is 0.242 e. The minimum Gasteiger partial charge on any atom is -0.337 e. The topological polar surface area (TPSA) is 88.8 Å². The Bertz CT molecular complexity index is 1440. The zero-order valence-electron chi connectivity index (χ0n) is 23.3. The number of benzene rings is 2. The maximum absolute atomic E-state index is 14.4. The zero-order valence-corrected chi connectivity index (χ0v) is 23.3. The largest absolute Gasteiger partial charge is 0.337 e. The summed E-state index contributed by atoms with van der Waals surface area (Å²) in [4.78, 5) is 21.8. The molecule has 0 fully saturated rings. The van der Waals surface area contributed by atoms with Gasteiger partial charge >= 0.3 is 0 Å². The molecule has 0 aliphatic heterocycles. The predicted molar refractivity (Wildman–Crippen MR) is 155 cm³/mol. The first kappa shape index (κ1) is 28.6. The van der Waals surface area contributed by atoms with Gasteiger partial charge in [-0.15, -0.1) is 0 Å². The minimum absolute atomic E-state index is 0.0679. The molecule has 41 heavy (non-hydrogen) atoms. The number of halogens is 2. The van der Waals surface area contributed by atoms with E-state index in [1.807, 2.05) is 48.4 Å². The molecule has 0 radical (unpaired) electrons. The van der Waals surface area contributed by atoms with Gasteiger partial charge in [-0.3, -0.25) is 4.79 Å². The van der Waals surface area contributed by atoms with E-state index < -0.39 is 17.7 Å². The molecule has 0 spiro atoms. The number of amides is 1. The van der Waals surface area contributed by atoms with Crippen molar-refractivity contribution in [1.29, 1.82) is 0 Å². The molecule has 2 aromatic heterocycles. The first-order valence-corrected chi connectivity index (χ1v) is 14.3. The van der Waals surface area contributed by atoms with Crippen molar-refractivity contribution in [3.8, 4) is 5.69 Å². The first-order valence-electron chi connectivity index (χ1n) is 14.3. The van der Waals surface area contributed by atoms with Gasteiger partial charge in [-0.05, 0) is 67.5 Å². The fourth-order valence-corrected chi connectivity index (χ4v) is 5.47. The number of imidazole rings is 2. The van der Waals surface area contributed by atoms with Crippen LogP contribution in [0, 0.1) is 11.6 Å². The molecule has 1 aliphatic rings. The Balaban J connectivity index is 1.17. The molecule has 0 saturated heterocycles. The minimum atomic E-state index is -0.546. The highest BCUT2D eigenvalue weighted by Crippen LogP contribution is 2.26. The fourth-order valence-electron chi connectivity index (χ4n) is 5.47. The average Bonchev–Trinajstić information content (AvgIpc) is 3.66. The monoisotopic (exact) mass is 561 g/mol. The molecule has 1 amide bonds. The zero-order chi connectivity index (χ0) is 28.6. The van der Waals surface area contributed by atoms with Gasteiger partial charge in [0.15, 0.2) is 5.82 Å². The molecule has 2 heterocycles. The molecule has 1 aliphatic carbocycles. The summed E-state index contributed by atoms with van der Waals surface area (Å²) in [6.45, 7) is 4.52. The molecule has 10 heteroatoms. The summed E-state index contributed by atoms with van der Waals surface area (Å²) in [7, 11) is 0. The molecule has 0 bridgehead atoms. The van der Waals surface area contributed by atoms with E-state index in [0.29, 0.717) is 49.2 Å². The smallest absolute Gasteiger partial charge is 0.242 e. The van der Waals surface area contributed by atoms with Crippen molar-refractivity contribution in [3.63, 3.8) is 0 Å². The molecule has 4 aromatic rings. The molecule has 2 atom stereocenters. The van der Waals surface area contributed by atoms with E-state index >= 15 is 0 Å². The second kappa shape index (κ2) is 13.6. The summed E-state index contributed by atoms with van der Waals surface area (Å²) < 4.78 is 32.0. The van der Waals surface area contributed by atoms with Crippen LogP contribution in [-0.2, 0) is 30.7 Å². The highest BCUT2D eigenvalue weighted by Gasteiger charge is 2.27. The molecule has 3 N–H and O–H groups in total. The van der Waals surface area contributed by atoms with Crippen molar-refractivity contribution < 1.29 is 13.6 Å². The van der Waals surface area contributed by atoms with Gasteiger partial charge in [-0.1, -0.05) is 31.5 Å². The lowest BCUT2D eigenvalue weighted by atomic mass is 9.87. The van der Waals surface area contributed by atoms with E-state index in [1.165, 1.54) is 6.07 Å². The molecule has 5 rings (SSSR count). The van der Waals surface area contributed by atoms with Crippen LogP contribution in [0.1, 0.15) is 49.3 Å². The van der Waals surface area contributed by atoms with Crippen LogP contribution in [0.15, 0.2) is 67.6 Å². The fraction of sp³-hybridized carbons (Fsp3) is 0.387. The van der Waals surface area contributed by atoms with Gasteiger partial charge in [0.05, 0.1) is 24.3 Å². The van der Waals surface area contributed by atoms with Gasteiger partial charge in [-0.25, -0.2) is 18.7 Å². The number of aryl methyl sites for hydroxylation is 2. The number of para-hydroxylation sites is 1. The standard InChI is InChI=1S/C31H37F2N7O/c1-2-6-28(37-25-10-9-22-15-24(32)16-27(33)26(22)17-25)31(41)38-30-19-40(21-36-30)29-8-4-3-7-23(29)18-34-11-5-13-39-14-12-35-20-39/h3-4,7-8,12,14-16,19-21,25,28,34,37H,2,5-6,9-11,13,17-18H2,1H3,(H,38,41)/t25-,28-/m0/s1. The van der Waals surface area contributed by atoms with Gasteiger partial charge < -0.3 is 25.1 Å². The highest BCUT2D eigenvalue weighted by atomic mass is 19.1. The molecule has 0 saturated carbocycles. The van der Waals surface area contributed by atoms with Crippen LogP contribution in [-0.4, -0.2) is 43.6 Å². The number of hydrogen-bond acceptors (Lipinski definition) is 5. The van der Waals surface area contributed by atoms with Crippen molar-refractivity contribution >= 4 is 11.7 Å². The molecule has 0 unspecified atom stereocenters. The quantitative estimate of drug-likeness (QED) is 0.205. The van der Waals surface area contributed by atoms with Crippen LogP contribution in [0.2, 0.25) is 0 Å². The number of anilines is 1. The summed E-state index contributed by atoms with van der Waals surface area (Å²) in [6.07, 6.45) is 13.3. The van der Waals surface area contributed by atoms with Crippen molar-refractivity contribution in [1.82, 2.24) is 29.7 Å². The van der Waals surface area contributed by atoms with Gasteiger partial charge in [-0.2, -0.15) is 0 Å². The number of fused-ring (bicyclic) bond motifs is 1. The number of nitrogens with one attached hydrogen (secondary N) is 3. The van der Waals surface area contributed by atoms with E-state index in [0.717, 1.165) is 43.2 Å². The first-order chi connectivity index (χ1) is 20.0. The van der Waals surface area contributed by atoms with Crippen LogP contribution >= 0.6 is 0 Å². The van der Waals surface area contributed by atoms with Crippen LogP contribution in [0.25, 0.3) is 5.69 Å². The summed E-state index contributed by atoms with van der Waals surface area (Å²) in [5.41, 5.74) is 3.37. The molecule has 8 nitrogen and oxygen atoms in total. The van der Waals surface area contributed by atoms with E-state index in [2.05, 4.69) is 36.6 Å². The number of aromatic nitrogens is 4. The Labute approximate surface area is 239 Å². The Morgan fingerprint density at radius 1 is 1.20 bits per heavy atom. The van der Waals surface area contributed by atoms with Gasteiger partial charge in [0, 0.05) is 37.6 Å². The van der Waals surface area contributed by atoms with Crippen LogP contribution < -0.4 is 16.0 Å². The lowest BCUT2D eigenvalue weighted by molar-refractivity contribution is -0.118. The number of carbonyl (C=O) groups is 1. The second-order valence-electron chi connectivity index (χ2n) is 10.6. The summed E-state index contributed by atoms with van der Waals surface area (Å²) in [5.74, 6) is -0.763. The van der Waals surface area contributed by atoms with Gasteiger partial charge in [0.25, 0.3) is 0 Å². The Hall–Kier alpha value is -3.89.